The first-order valence-corrected chi connectivity index (χ1v) is 7.34. The van der Waals surface area contributed by atoms with E-state index in [-0.39, 0.29) is 5.91 Å². The van der Waals surface area contributed by atoms with Crippen LogP contribution in [0.15, 0.2) is 12.1 Å². The van der Waals surface area contributed by atoms with Crippen molar-refractivity contribution in [3.05, 3.63) is 17.8 Å². The Balaban J connectivity index is 1.99. The Morgan fingerprint density at radius 2 is 2.10 bits per heavy atom. The number of amides is 1. The van der Waals surface area contributed by atoms with E-state index in [0.717, 1.165) is 11.7 Å². The summed E-state index contributed by atoms with van der Waals surface area (Å²) in [7, 11) is 3.42. The van der Waals surface area contributed by atoms with Crippen molar-refractivity contribution in [1.29, 1.82) is 0 Å². The Morgan fingerprint density at radius 3 is 2.60 bits per heavy atom. The van der Waals surface area contributed by atoms with Gasteiger partial charge in [-0.05, 0) is 36.8 Å². The molecule has 0 bridgehead atoms. The third-order valence-electron chi connectivity index (χ3n) is 4.37. The van der Waals surface area contributed by atoms with Crippen LogP contribution in [0, 0.1) is 11.8 Å². The van der Waals surface area contributed by atoms with E-state index >= 15 is 0 Å². The molecule has 1 fully saturated rings. The highest BCUT2D eigenvalue weighted by Gasteiger charge is 2.31. The van der Waals surface area contributed by atoms with Crippen LogP contribution in [0.3, 0.4) is 0 Å². The summed E-state index contributed by atoms with van der Waals surface area (Å²) in [6, 6.07) is 4.04. The topological polar surface area (TPSA) is 58.1 Å². The summed E-state index contributed by atoms with van der Waals surface area (Å²) in [6.45, 7) is 4.56. The summed E-state index contributed by atoms with van der Waals surface area (Å²) in [5.74, 6) is 2.10. The highest BCUT2D eigenvalue weighted by molar-refractivity contribution is 5.91. The smallest absolute Gasteiger partial charge is 0.273 e. The van der Waals surface area contributed by atoms with E-state index in [0.29, 0.717) is 17.7 Å². The summed E-state index contributed by atoms with van der Waals surface area (Å²) in [6.07, 6.45) is 3.70. The van der Waals surface area contributed by atoms with E-state index in [9.17, 15) is 4.79 Å². The minimum absolute atomic E-state index is 0.121. The fourth-order valence-corrected chi connectivity index (χ4v) is 2.97. The van der Waals surface area contributed by atoms with Crippen LogP contribution in [-0.4, -0.2) is 41.1 Å². The van der Waals surface area contributed by atoms with Gasteiger partial charge in [0.05, 0.1) is 0 Å². The average molecular weight is 276 g/mol. The molecule has 1 saturated carbocycles. The van der Waals surface area contributed by atoms with E-state index in [1.54, 1.807) is 20.2 Å². The molecule has 0 saturated heterocycles. The highest BCUT2D eigenvalue weighted by Crippen LogP contribution is 2.35. The Kier molecular flexibility index (Phi) is 4.57. The number of aromatic nitrogens is 2. The van der Waals surface area contributed by atoms with Gasteiger partial charge in [0.25, 0.3) is 5.91 Å². The van der Waals surface area contributed by atoms with Crippen molar-refractivity contribution in [2.75, 3.05) is 19.4 Å². The molecule has 0 aliphatic heterocycles. The van der Waals surface area contributed by atoms with E-state index < -0.39 is 0 Å². The molecule has 1 N–H and O–H groups in total. The first-order valence-electron chi connectivity index (χ1n) is 7.34. The van der Waals surface area contributed by atoms with E-state index in [1.807, 2.05) is 6.07 Å². The number of carbonyl (C=O) groups excluding carboxylic acids is 1. The van der Waals surface area contributed by atoms with E-state index in [1.165, 1.54) is 24.2 Å². The second kappa shape index (κ2) is 6.20. The van der Waals surface area contributed by atoms with Crippen LogP contribution >= 0.6 is 0 Å². The van der Waals surface area contributed by atoms with Gasteiger partial charge in [-0.15, -0.1) is 10.2 Å². The van der Waals surface area contributed by atoms with Crippen molar-refractivity contribution in [3.63, 3.8) is 0 Å². The molecular formula is C15H24N4O. The maximum Gasteiger partial charge on any atom is 0.273 e. The van der Waals surface area contributed by atoms with Crippen LogP contribution in [0.2, 0.25) is 0 Å². The zero-order valence-electron chi connectivity index (χ0n) is 12.8. The number of nitrogens with one attached hydrogen (secondary N) is 1. The van der Waals surface area contributed by atoms with Crippen molar-refractivity contribution in [1.82, 2.24) is 15.1 Å². The minimum Gasteiger partial charge on any atom is -0.366 e. The highest BCUT2D eigenvalue weighted by atomic mass is 16.2. The molecule has 0 radical (unpaired) electrons. The summed E-state index contributed by atoms with van der Waals surface area (Å²) < 4.78 is 0. The Hall–Kier alpha value is -1.65. The fourth-order valence-electron chi connectivity index (χ4n) is 2.97. The molecule has 1 heterocycles. The monoisotopic (exact) mass is 276 g/mol. The van der Waals surface area contributed by atoms with Crippen LogP contribution in [0.5, 0.6) is 0 Å². The lowest BCUT2D eigenvalue weighted by atomic mass is 9.93. The van der Waals surface area contributed by atoms with Crippen LogP contribution < -0.4 is 5.32 Å². The molecule has 3 atom stereocenters. The maximum atomic E-state index is 11.7. The molecule has 0 spiro atoms. The van der Waals surface area contributed by atoms with Gasteiger partial charge >= 0.3 is 0 Å². The van der Waals surface area contributed by atoms with E-state index in [4.69, 9.17) is 0 Å². The molecule has 5 heteroatoms. The fraction of sp³-hybridized carbons (Fsp3) is 0.667. The van der Waals surface area contributed by atoms with Crippen molar-refractivity contribution in [3.8, 4) is 0 Å². The lowest BCUT2D eigenvalue weighted by Gasteiger charge is -2.21. The van der Waals surface area contributed by atoms with Crippen molar-refractivity contribution in [2.45, 2.75) is 39.2 Å². The first-order chi connectivity index (χ1) is 9.52. The molecule has 1 aliphatic rings. The Labute approximate surface area is 120 Å². The standard InChI is InChI=1S/C15H24N4O/c1-5-11-6-7-12(10(11)2)16-14-9-8-13(17-18-14)15(20)19(3)4/h8-12H,5-7H2,1-4H3,(H,16,18). The predicted octanol–water partition coefficient (Wildman–Crippen LogP) is 2.42. The van der Waals surface area contributed by atoms with Gasteiger partial charge in [-0.1, -0.05) is 20.3 Å². The molecule has 5 nitrogen and oxygen atoms in total. The zero-order valence-corrected chi connectivity index (χ0v) is 12.8. The zero-order chi connectivity index (χ0) is 14.7. The van der Waals surface area contributed by atoms with Crippen LogP contribution in [0.4, 0.5) is 5.82 Å². The molecule has 1 aromatic heterocycles. The van der Waals surface area contributed by atoms with Gasteiger partial charge in [0.1, 0.15) is 5.82 Å². The summed E-state index contributed by atoms with van der Waals surface area (Å²) in [5.41, 5.74) is 0.381. The van der Waals surface area contributed by atoms with Gasteiger partial charge < -0.3 is 10.2 Å². The number of nitrogens with zero attached hydrogens (tertiary/aromatic N) is 3. The molecule has 1 aliphatic carbocycles. The van der Waals surface area contributed by atoms with Gasteiger partial charge in [0.2, 0.25) is 0 Å². The molecule has 110 valence electrons. The SMILES string of the molecule is CCC1CCC(Nc2ccc(C(=O)N(C)C)nn2)C1C. The molecule has 1 aromatic rings. The lowest BCUT2D eigenvalue weighted by Crippen LogP contribution is -2.26. The van der Waals surface area contributed by atoms with Crippen LogP contribution in [0.1, 0.15) is 43.6 Å². The van der Waals surface area contributed by atoms with Crippen molar-refractivity contribution < 1.29 is 4.79 Å². The summed E-state index contributed by atoms with van der Waals surface area (Å²) in [4.78, 5) is 13.2. The molecule has 0 aromatic carbocycles. The van der Waals surface area contributed by atoms with Crippen LogP contribution in [0.25, 0.3) is 0 Å². The normalized spacial score (nSPS) is 25.5. The number of rotatable bonds is 4. The van der Waals surface area contributed by atoms with E-state index in [2.05, 4.69) is 29.4 Å². The van der Waals surface area contributed by atoms with Crippen molar-refractivity contribution in [2.24, 2.45) is 11.8 Å². The molecular weight excluding hydrogens is 252 g/mol. The largest absolute Gasteiger partial charge is 0.366 e. The minimum atomic E-state index is -0.121. The molecule has 1 amide bonds. The number of hydrogen-bond acceptors (Lipinski definition) is 4. The first kappa shape index (κ1) is 14.8. The predicted molar refractivity (Wildman–Crippen MR) is 79.6 cm³/mol. The quantitative estimate of drug-likeness (QED) is 0.917. The maximum absolute atomic E-state index is 11.7. The Bertz CT molecular complexity index is 457. The average Bonchev–Trinajstić information content (AvgIpc) is 2.79. The molecule has 3 unspecified atom stereocenters. The molecule has 2 rings (SSSR count). The third kappa shape index (κ3) is 3.08. The summed E-state index contributed by atoms with van der Waals surface area (Å²) in [5, 5.41) is 11.6. The number of anilines is 1. The van der Waals surface area contributed by atoms with Crippen LogP contribution in [-0.2, 0) is 0 Å². The number of carbonyl (C=O) groups is 1. The van der Waals surface area contributed by atoms with Crippen molar-refractivity contribution >= 4 is 11.7 Å². The van der Waals surface area contributed by atoms with Gasteiger partial charge in [0.15, 0.2) is 5.69 Å². The van der Waals surface area contributed by atoms with Gasteiger partial charge in [-0.3, -0.25) is 4.79 Å². The number of hydrogen-bond donors (Lipinski definition) is 1. The van der Waals surface area contributed by atoms with Gasteiger partial charge in [-0.25, -0.2) is 0 Å². The summed E-state index contributed by atoms with van der Waals surface area (Å²) >= 11 is 0. The third-order valence-corrected chi connectivity index (χ3v) is 4.37. The van der Waals surface area contributed by atoms with Gasteiger partial charge in [-0.2, -0.15) is 0 Å². The second-order valence-corrected chi connectivity index (χ2v) is 5.86. The molecule has 20 heavy (non-hydrogen) atoms. The van der Waals surface area contributed by atoms with Gasteiger partial charge in [0, 0.05) is 20.1 Å². The lowest BCUT2D eigenvalue weighted by molar-refractivity contribution is 0.0821. The Morgan fingerprint density at radius 1 is 1.35 bits per heavy atom. The second-order valence-electron chi connectivity index (χ2n) is 5.86.